The lowest BCUT2D eigenvalue weighted by atomic mass is 11.8. The lowest BCUT2D eigenvalue weighted by Gasteiger charge is -2.06. The van der Waals surface area contributed by atoms with E-state index in [2.05, 4.69) is 12.5 Å². The Morgan fingerprint density at radius 2 is 1.54 bits per heavy atom. The van der Waals surface area contributed by atoms with Crippen LogP contribution in [-0.2, 0) is 21.6 Å². The van der Waals surface area contributed by atoms with Crippen molar-refractivity contribution in [3.05, 3.63) is 0 Å². The predicted molar refractivity (Wildman–Crippen MR) is 46.2 cm³/mol. The van der Waals surface area contributed by atoms with E-state index in [9.17, 15) is 9.13 Å². The Bertz CT molecular complexity index is 234. The molecule has 12 heteroatoms. The molecule has 0 aliphatic heterocycles. The lowest BCUT2D eigenvalue weighted by molar-refractivity contribution is 0.255. The SMILES string of the molecule is COP(=O)(O)OSSOP(=O)(O)O. The molecule has 13 heavy (non-hydrogen) atoms. The average molecular weight is 272 g/mol. The molecular weight excluding hydrogens is 266 g/mol. The van der Waals surface area contributed by atoms with Gasteiger partial charge in [0, 0.05) is 7.11 Å². The number of hydrogen-bond acceptors (Lipinski definition) is 7. The topological polar surface area (TPSA) is 123 Å². The van der Waals surface area contributed by atoms with E-state index in [1.807, 2.05) is 0 Å². The molecule has 0 aliphatic carbocycles. The average Bonchev–Trinajstić information content (AvgIpc) is 1.97. The summed E-state index contributed by atoms with van der Waals surface area (Å²) >= 11 is 0.297. The largest absolute Gasteiger partial charge is 0.484 e. The van der Waals surface area contributed by atoms with Gasteiger partial charge in [0.05, 0.1) is 0 Å². The van der Waals surface area contributed by atoms with E-state index >= 15 is 0 Å². The Morgan fingerprint density at radius 1 is 1.08 bits per heavy atom. The highest BCUT2D eigenvalue weighted by atomic mass is 33.1. The summed E-state index contributed by atoms with van der Waals surface area (Å²) in [6, 6.07) is 0. The molecule has 0 radical (unpaired) electrons. The highest BCUT2D eigenvalue weighted by molar-refractivity contribution is 8.74. The van der Waals surface area contributed by atoms with Gasteiger partial charge in [-0.1, -0.05) is 0 Å². The second-order valence-corrected chi connectivity index (χ2v) is 5.99. The van der Waals surface area contributed by atoms with Crippen LogP contribution in [0.15, 0.2) is 0 Å². The van der Waals surface area contributed by atoms with Crippen molar-refractivity contribution in [3.8, 4) is 0 Å². The van der Waals surface area contributed by atoms with Crippen LogP contribution in [0.3, 0.4) is 0 Å². The smallest absolute Gasteiger partial charge is 0.302 e. The summed E-state index contributed by atoms with van der Waals surface area (Å²) in [5.41, 5.74) is 0. The third-order valence-corrected chi connectivity index (χ3v) is 4.31. The molecule has 0 aliphatic rings. The molecule has 0 bridgehead atoms. The number of hydrogen-bond donors (Lipinski definition) is 3. The van der Waals surface area contributed by atoms with Gasteiger partial charge in [-0.2, -0.15) is 0 Å². The van der Waals surface area contributed by atoms with Crippen molar-refractivity contribution in [1.29, 1.82) is 0 Å². The maximum atomic E-state index is 10.5. The van der Waals surface area contributed by atoms with Crippen LogP contribution in [0, 0.1) is 0 Å². The monoisotopic (exact) mass is 272 g/mol. The molecule has 0 heterocycles. The van der Waals surface area contributed by atoms with E-state index in [4.69, 9.17) is 14.7 Å². The zero-order valence-electron chi connectivity index (χ0n) is 6.09. The second-order valence-electron chi connectivity index (χ2n) is 1.43. The van der Waals surface area contributed by atoms with Gasteiger partial charge in [-0.05, 0) is 0 Å². The maximum Gasteiger partial charge on any atom is 0.484 e. The standard InChI is InChI=1S/CH6O8P2S2/c1-7-11(5,6)9-13-12-8-10(2,3)4/h1H3,(H,5,6)(H2,2,3,4). The fourth-order valence-corrected chi connectivity index (χ4v) is 3.05. The molecule has 0 saturated carbocycles. The van der Waals surface area contributed by atoms with Crippen molar-refractivity contribution in [3.63, 3.8) is 0 Å². The molecule has 0 aromatic heterocycles. The van der Waals surface area contributed by atoms with Gasteiger partial charge >= 0.3 is 15.6 Å². The normalized spacial score (nSPS) is 16.9. The van der Waals surface area contributed by atoms with E-state index in [1.165, 1.54) is 0 Å². The quantitative estimate of drug-likeness (QED) is 0.280. The molecule has 80 valence electrons. The van der Waals surface area contributed by atoms with Crippen LogP contribution in [0.5, 0.6) is 0 Å². The Morgan fingerprint density at radius 3 is 1.92 bits per heavy atom. The maximum absolute atomic E-state index is 10.5. The second kappa shape index (κ2) is 5.72. The van der Waals surface area contributed by atoms with Gasteiger partial charge in [-0.15, -0.1) is 0 Å². The van der Waals surface area contributed by atoms with Gasteiger partial charge in [-0.3, -0.25) is 4.52 Å². The molecule has 0 amide bonds. The van der Waals surface area contributed by atoms with E-state index in [0.717, 1.165) is 7.11 Å². The molecule has 0 saturated heterocycles. The molecule has 1 atom stereocenters. The highest BCUT2D eigenvalue weighted by Crippen LogP contribution is 2.52. The van der Waals surface area contributed by atoms with Crippen LogP contribution < -0.4 is 0 Å². The van der Waals surface area contributed by atoms with E-state index in [1.54, 1.807) is 0 Å². The van der Waals surface area contributed by atoms with Gasteiger partial charge < -0.3 is 14.7 Å². The predicted octanol–water partition coefficient (Wildman–Crippen LogP) is 1.07. The van der Waals surface area contributed by atoms with E-state index < -0.39 is 15.6 Å². The summed E-state index contributed by atoms with van der Waals surface area (Å²) in [4.78, 5) is 24.9. The van der Waals surface area contributed by atoms with Crippen LogP contribution in [0.4, 0.5) is 0 Å². The molecule has 8 nitrogen and oxygen atoms in total. The third-order valence-electron chi connectivity index (χ3n) is 0.511. The Kier molecular flexibility index (Phi) is 6.12. The van der Waals surface area contributed by atoms with Crippen molar-refractivity contribution >= 4 is 37.8 Å². The molecule has 3 N–H and O–H groups in total. The van der Waals surface area contributed by atoms with Crippen molar-refractivity contribution in [1.82, 2.24) is 0 Å². The van der Waals surface area contributed by atoms with Crippen LogP contribution >= 0.6 is 37.8 Å². The molecule has 0 fully saturated rings. The summed E-state index contributed by atoms with van der Waals surface area (Å²) in [5, 5.41) is 0. The van der Waals surface area contributed by atoms with E-state index in [-0.39, 0.29) is 22.1 Å². The fourth-order valence-electron chi connectivity index (χ4n) is 0.133. The first kappa shape index (κ1) is 13.9. The number of phosphoric acid groups is 2. The van der Waals surface area contributed by atoms with Crippen molar-refractivity contribution in [2.75, 3.05) is 7.11 Å². The van der Waals surface area contributed by atoms with Gasteiger partial charge in [0.25, 0.3) is 0 Å². The van der Waals surface area contributed by atoms with Crippen LogP contribution in [0.1, 0.15) is 0 Å². The zero-order chi connectivity index (χ0) is 10.5. The molecule has 0 aromatic rings. The summed E-state index contributed by atoms with van der Waals surface area (Å²) < 4.78 is 32.4. The first-order valence-electron chi connectivity index (χ1n) is 2.42. The summed E-state index contributed by atoms with van der Waals surface area (Å²) in [7, 11) is -7.81. The molecule has 0 spiro atoms. The highest BCUT2D eigenvalue weighted by Gasteiger charge is 2.22. The third kappa shape index (κ3) is 9.23. The fraction of sp³-hybridized carbons (Fsp3) is 1.00. The Labute approximate surface area is 81.6 Å². The first-order valence-corrected chi connectivity index (χ1v) is 7.45. The van der Waals surface area contributed by atoms with Crippen molar-refractivity contribution in [2.24, 2.45) is 0 Å². The van der Waals surface area contributed by atoms with Crippen LogP contribution in [-0.4, -0.2) is 21.8 Å². The zero-order valence-corrected chi connectivity index (χ0v) is 9.52. The molecule has 0 rings (SSSR count). The molecule has 1 unspecified atom stereocenters. The van der Waals surface area contributed by atoms with Gasteiger partial charge in [-0.25, -0.2) is 17.1 Å². The van der Waals surface area contributed by atoms with Crippen molar-refractivity contribution < 1.29 is 36.3 Å². The summed E-state index contributed by atoms with van der Waals surface area (Å²) in [6.07, 6.45) is 0. The first-order chi connectivity index (χ1) is 5.77. The van der Waals surface area contributed by atoms with Crippen molar-refractivity contribution in [2.45, 2.75) is 0 Å². The summed E-state index contributed by atoms with van der Waals surface area (Å²) in [6.45, 7) is 0. The Balaban J connectivity index is 3.59. The van der Waals surface area contributed by atoms with Crippen LogP contribution in [0.25, 0.3) is 0 Å². The minimum Gasteiger partial charge on any atom is -0.302 e. The minimum absolute atomic E-state index is 0.122. The molecule has 0 aromatic carbocycles. The lowest BCUT2D eigenvalue weighted by Crippen LogP contribution is -1.82. The van der Waals surface area contributed by atoms with Gasteiger partial charge in [0.2, 0.25) is 0 Å². The van der Waals surface area contributed by atoms with E-state index in [0.29, 0.717) is 0 Å². The summed E-state index contributed by atoms with van der Waals surface area (Å²) in [5.74, 6) is 0. The number of rotatable bonds is 6. The Hall–Kier alpha value is 0.920. The minimum atomic E-state index is -4.61. The number of phosphoric ester groups is 1. The van der Waals surface area contributed by atoms with Gasteiger partial charge in [0.1, 0.15) is 22.1 Å². The van der Waals surface area contributed by atoms with Crippen LogP contribution in [0.2, 0.25) is 0 Å². The van der Waals surface area contributed by atoms with Gasteiger partial charge in [0.15, 0.2) is 0 Å². The molecular formula is CH6O8P2S2.